The van der Waals surface area contributed by atoms with Gasteiger partial charge >= 0.3 is 11.8 Å². The molecular formula is C12H17N3O4. The lowest BCUT2D eigenvalue weighted by Gasteiger charge is -2.30. The van der Waals surface area contributed by atoms with Crippen molar-refractivity contribution in [3.63, 3.8) is 0 Å². The summed E-state index contributed by atoms with van der Waals surface area (Å²) in [4.78, 5) is 27.7. The van der Waals surface area contributed by atoms with Gasteiger partial charge < -0.3 is 9.84 Å². The van der Waals surface area contributed by atoms with Crippen LogP contribution < -0.4 is 5.69 Å². The summed E-state index contributed by atoms with van der Waals surface area (Å²) in [6, 6.07) is -0.351. The highest BCUT2D eigenvalue weighted by Gasteiger charge is 2.49. The molecule has 0 aromatic carbocycles. The van der Waals surface area contributed by atoms with Crippen molar-refractivity contribution >= 4 is 6.09 Å². The van der Waals surface area contributed by atoms with Crippen LogP contribution in [0, 0.1) is 0 Å². The smallest absolute Gasteiger partial charge is 0.410 e. The number of H-pyrrole nitrogens is 1. The molecule has 2 atom stereocenters. The molecule has 2 bridgehead atoms. The fourth-order valence-electron chi connectivity index (χ4n) is 2.91. The highest BCUT2D eigenvalue weighted by molar-refractivity contribution is 5.70. The van der Waals surface area contributed by atoms with E-state index >= 15 is 0 Å². The number of carbonyl (C=O) groups is 1. The molecule has 19 heavy (non-hydrogen) atoms. The van der Waals surface area contributed by atoms with Crippen molar-refractivity contribution in [1.82, 2.24) is 14.5 Å². The number of amides is 1. The van der Waals surface area contributed by atoms with Gasteiger partial charge in [0, 0.05) is 6.54 Å². The van der Waals surface area contributed by atoms with Gasteiger partial charge in [-0.25, -0.2) is 9.59 Å². The number of rotatable bonds is 0. The molecule has 1 aromatic heterocycles. The molecule has 2 aliphatic heterocycles. The minimum absolute atomic E-state index is 0.0721. The van der Waals surface area contributed by atoms with Crippen LogP contribution in [0.4, 0.5) is 4.79 Å². The second-order valence-electron chi connectivity index (χ2n) is 6.07. The zero-order valence-corrected chi connectivity index (χ0v) is 11.1. The molecule has 7 nitrogen and oxygen atoms in total. The lowest BCUT2D eigenvalue weighted by molar-refractivity contribution is 0.0198. The van der Waals surface area contributed by atoms with Gasteiger partial charge in [-0.2, -0.15) is 0 Å². The molecule has 3 heterocycles. The Labute approximate surface area is 109 Å². The van der Waals surface area contributed by atoms with Gasteiger partial charge in [0.15, 0.2) is 0 Å². The normalized spacial score (nSPS) is 24.7. The van der Waals surface area contributed by atoms with Crippen LogP contribution in [0.2, 0.25) is 0 Å². The Kier molecular flexibility index (Phi) is 2.27. The molecule has 3 rings (SSSR count). The van der Waals surface area contributed by atoms with E-state index in [9.17, 15) is 14.7 Å². The molecule has 7 heteroatoms. The van der Waals surface area contributed by atoms with Crippen molar-refractivity contribution in [3.8, 4) is 5.88 Å². The van der Waals surface area contributed by atoms with E-state index in [1.54, 1.807) is 9.47 Å². The zero-order valence-electron chi connectivity index (χ0n) is 11.1. The molecule has 0 aliphatic carbocycles. The van der Waals surface area contributed by atoms with Crippen LogP contribution in [0.25, 0.3) is 0 Å². The lowest BCUT2D eigenvalue weighted by Crippen LogP contribution is -2.40. The van der Waals surface area contributed by atoms with E-state index in [1.807, 2.05) is 20.8 Å². The van der Waals surface area contributed by atoms with Crippen LogP contribution in [0.3, 0.4) is 0 Å². The number of ether oxygens (including phenoxy) is 1. The van der Waals surface area contributed by atoms with E-state index in [0.29, 0.717) is 18.7 Å². The number of aromatic hydroxyl groups is 1. The van der Waals surface area contributed by atoms with Crippen LogP contribution in [0.1, 0.15) is 45.0 Å². The van der Waals surface area contributed by atoms with Gasteiger partial charge in [0.05, 0.1) is 12.1 Å². The quantitative estimate of drug-likeness (QED) is 0.737. The van der Waals surface area contributed by atoms with Gasteiger partial charge in [0.2, 0.25) is 5.88 Å². The average Bonchev–Trinajstić information content (AvgIpc) is 2.88. The minimum Gasteiger partial charge on any atom is -0.493 e. The lowest BCUT2D eigenvalue weighted by atomic mass is 10.2. The third-order valence-corrected chi connectivity index (χ3v) is 3.53. The minimum atomic E-state index is -0.557. The van der Waals surface area contributed by atoms with Crippen molar-refractivity contribution in [1.29, 1.82) is 0 Å². The van der Waals surface area contributed by atoms with Crippen molar-refractivity contribution in [2.75, 3.05) is 6.54 Å². The van der Waals surface area contributed by atoms with Gasteiger partial charge in [0.25, 0.3) is 0 Å². The van der Waals surface area contributed by atoms with Gasteiger partial charge in [-0.3, -0.25) is 14.5 Å². The van der Waals surface area contributed by atoms with Crippen molar-refractivity contribution in [3.05, 3.63) is 16.2 Å². The Bertz CT molecular complexity index is 595. The number of nitrogens with one attached hydrogen (secondary N) is 1. The monoisotopic (exact) mass is 267 g/mol. The second kappa shape index (κ2) is 3.55. The van der Waals surface area contributed by atoms with Crippen LogP contribution in [-0.4, -0.2) is 37.8 Å². The summed E-state index contributed by atoms with van der Waals surface area (Å²) >= 11 is 0. The predicted octanol–water partition coefficient (Wildman–Crippen LogP) is 1.12. The van der Waals surface area contributed by atoms with Crippen molar-refractivity contribution in [2.24, 2.45) is 0 Å². The Morgan fingerprint density at radius 2 is 2.16 bits per heavy atom. The van der Waals surface area contributed by atoms with E-state index in [2.05, 4.69) is 4.98 Å². The number of imidazole rings is 1. The number of nitrogens with zero attached hydrogens (tertiary/aromatic N) is 2. The summed E-state index contributed by atoms with van der Waals surface area (Å²) in [7, 11) is 0. The Hall–Kier alpha value is -1.92. The molecule has 2 N–H and O–H groups in total. The Morgan fingerprint density at radius 1 is 1.47 bits per heavy atom. The maximum Gasteiger partial charge on any atom is 0.410 e. The summed E-state index contributed by atoms with van der Waals surface area (Å²) in [5.41, 5.74) is -0.380. The van der Waals surface area contributed by atoms with Crippen LogP contribution in [0.5, 0.6) is 5.88 Å². The van der Waals surface area contributed by atoms with E-state index < -0.39 is 11.7 Å². The highest BCUT2D eigenvalue weighted by Crippen LogP contribution is 2.47. The third-order valence-electron chi connectivity index (χ3n) is 3.53. The Morgan fingerprint density at radius 3 is 2.79 bits per heavy atom. The molecular weight excluding hydrogens is 250 g/mol. The van der Waals surface area contributed by atoms with Gasteiger partial charge in [-0.05, 0) is 27.2 Å². The maximum absolute atomic E-state index is 12.1. The van der Waals surface area contributed by atoms with Crippen molar-refractivity contribution < 1.29 is 14.6 Å². The molecule has 104 valence electrons. The standard InChI is InChI=1S/C12H17N3O4/c1-12(2,3)19-11(18)14-5-6-4-7(14)8-9(16)13-10(17)15(6)8/h6-7,16H,4-5H2,1-3H3,(H,13,17). The number of aromatic amines is 1. The second-order valence-corrected chi connectivity index (χ2v) is 6.07. The molecule has 2 unspecified atom stereocenters. The third kappa shape index (κ3) is 1.72. The van der Waals surface area contributed by atoms with E-state index in [4.69, 9.17) is 4.74 Å². The summed E-state index contributed by atoms with van der Waals surface area (Å²) in [6.07, 6.45) is 0.255. The number of fused-ring (bicyclic) bond motifs is 5. The molecule has 1 saturated heterocycles. The average molecular weight is 267 g/mol. The Balaban J connectivity index is 1.89. The van der Waals surface area contributed by atoms with E-state index in [-0.39, 0.29) is 23.7 Å². The van der Waals surface area contributed by atoms with Crippen LogP contribution in [0.15, 0.2) is 4.79 Å². The van der Waals surface area contributed by atoms with Crippen LogP contribution >= 0.6 is 0 Å². The number of carbonyl (C=O) groups excluding carboxylic acids is 1. The summed E-state index contributed by atoms with van der Waals surface area (Å²) in [5, 5.41) is 9.75. The first-order valence-corrected chi connectivity index (χ1v) is 6.31. The molecule has 0 saturated carbocycles. The molecule has 0 radical (unpaired) electrons. The molecule has 0 spiro atoms. The number of likely N-dealkylation sites (tertiary alicyclic amines) is 1. The van der Waals surface area contributed by atoms with E-state index in [1.165, 1.54) is 0 Å². The molecule has 1 aromatic rings. The van der Waals surface area contributed by atoms with Gasteiger partial charge in [0.1, 0.15) is 11.3 Å². The predicted molar refractivity (Wildman–Crippen MR) is 66.1 cm³/mol. The number of hydrogen-bond donors (Lipinski definition) is 2. The summed E-state index contributed by atoms with van der Waals surface area (Å²) in [5.74, 6) is -0.147. The fourth-order valence-corrected chi connectivity index (χ4v) is 2.91. The first-order chi connectivity index (χ1) is 8.78. The first kappa shape index (κ1) is 12.1. The van der Waals surface area contributed by atoms with Crippen molar-refractivity contribution in [2.45, 2.75) is 44.9 Å². The summed E-state index contributed by atoms with van der Waals surface area (Å²) < 4.78 is 6.89. The fraction of sp³-hybridized carbons (Fsp3) is 0.667. The number of aromatic nitrogens is 2. The largest absolute Gasteiger partial charge is 0.493 e. The van der Waals surface area contributed by atoms with Gasteiger partial charge in [-0.15, -0.1) is 0 Å². The summed E-state index contributed by atoms with van der Waals surface area (Å²) in [6.45, 7) is 5.87. The SMILES string of the molecule is CC(C)(C)OC(=O)N1CC2CC1c1c(O)[nH]c(=O)n12. The maximum atomic E-state index is 12.1. The molecule has 1 fully saturated rings. The first-order valence-electron chi connectivity index (χ1n) is 6.31. The molecule has 1 amide bonds. The number of hydrogen-bond acceptors (Lipinski definition) is 4. The van der Waals surface area contributed by atoms with Crippen LogP contribution in [-0.2, 0) is 4.74 Å². The topological polar surface area (TPSA) is 87.6 Å². The molecule has 2 aliphatic rings. The van der Waals surface area contributed by atoms with E-state index in [0.717, 1.165) is 0 Å². The zero-order chi connectivity index (χ0) is 13.9. The van der Waals surface area contributed by atoms with Gasteiger partial charge in [-0.1, -0.05) is 0 Å². The highest BCUT2D eigenvalue weighted by atomic mass is 16.6.